The summed E-state index contributed by atoms with van der Waals surface area (Å²) in [6.45, 7) is 7.23. The first-order valence-electron chi connectivity index (χ1n) is 8.41. The first-order chi connectivity index (χ1) is 11.9. The molecule has 1 saturated heterocycles. The number of carbonyl (C=O) groups excluding carboxylic acids is 1. The smallest absolute Gasteiger partial charge is 0.314 e. The van der Waals surface area contributed by atoms with Crippen LogP contribution in [0.1, 0.15) is 27.2 Å². The van der Waals surface area contributed by atoms with Gasteiger partial charge < -0.3 is 9.64 Å². The molecule has 0 N–H and O–H groups in total. The maximum absolute atomic E-state index is 13.5. The Balaban J connectivity index is 1.91. The average Bonchev–Trinajstić information content (AvgIpc) is 3.02. The van der Waals surface area contributed by atoms with E-state index in [1.807, 2.05) is 18.7 Å². The van der Waals surface area contributed by atoms with E-state index in [0.717, 1.165) is 12.1 Å². The van der Waals surface area contributed by atoms with Crippen LogP contribution in [0, 0.1) is 23.0 Å². The molecular weight excluding hydrogens is 328 g/mol. The van der Waals surface area contributed by atoms with Gasteiger partial charge in [0.25, 0.3) is 0 Å². The number of nitrogens with zero attached hydrogens (tertiary/aromatic N) is 3. The van der Waals surface area contributed by atoms with Crippen LogP contribution in [0.4, 0.5) is 14.6 Å². The molecule has 0 radical (unpaired) electrons. The second kappa shape index (κ2) is 6.54. The molecule has 5 nitrogen and oxygen atoms in total. The van der Waals surface area contributed by atoms with Gasteiger partial charge in [0.1, 0.15) is 5.82 Å². The molecule has 0 saturated carbocycles. The molecule has 0 aliphatic carbocycles. The molecule has 0 spiro atoms. The van der Waals surface area contributed by atoms with E-state index in [9.17, 15) is 13.6 Å². The van der Waals surface area contributed by atoms with Crippen molar-refractivity contribution in [3.63, 3.8) is 0 Å². The molecule has 1 aromatic heterocycles. The summed E-state index contributed by atoms with van der Waals surface area (Å²) in [6, 6.07) is 2.07. The van der Waals surface area contributed by atoms with Crippen molar-refractivity contribution in [3.05, 3.63) is 30.0 Å². The second-order valence-corrected chi connectivity index (χ2v) is 6.69. The molecule has 7 heteroatoms. The van der Waals surface area contributed by atoms with Gasteiger partial charge in [-0.05, 0) is 19.3 Å². The number of hydrogen-bond donors (Lipinski definition) is 0. The molecule has 1 aliphatic rings. The highest BCUT2D eigenvalue weighted by molar-refractivity contribution is 5.80. The van der Waals surface area contributed by atoms with Gasteiger partial charge in [0.2, 0.25) is 0 Å². The van der Waals surface area contributed by atoms with Gasteiger partial charge in [-0.15, -0.1) is 0 Å². The minimum absolute atomic E-state index is 0.108. The Morgan fingerprint density at radius 3 is 2.64 bits per heavy atom. The van der Waals surface area contributed by atoms with E-state index in [4.69, 9.17) is 4.74 Å². The zero-order chi connectivity index (χ0) is 18.2. The number of benzene rings is 1. The minimum atomic E-state index is -0.955. The third-order valence-electron chi connectivity index (χ3n) is 4.98. The Labute approximate surface area is 145 Å². The lowest BCUT2D eigenvalue weighted by atomic mass is 9.76. The van der Waals surface area contributed by atoms with Gasteiger partial charge in [0, 0.05) is 25.2 Å². The van der Waals surface area contributed by atoms with Crippen LogP contribution >= 0.6 is 0 Å². The molecular formula is C18H21F2N3O2. The molecule has 1 atom stereocenters. The largest absolute Gasteiger partial charge is 0.466 e. The summed E-state index contributed by atoms with van der Waals surface area (Å²) >= 11 is 0. The van der Waals surface area contributed by atoms with Gasteiger partial charge in [-0.1, -0.05) is 13.8 Å². The normalized spacial score (nSPS) is 20.5. The van der Waals surface area contributed by atoms with E-state index in [2.05, 4.69) is 9.97 Å². The SMILES string of the molecule is CCOC(=O)C1(C(C)C)CCN(c2cnc3cc(F)c(F)cc3n2)C1. The van der Waals surface area contributed by atoms with Crippen LogP contribution in [0.2, 0.25) is 0 Å². The maximum atomic E-state index is 13.5. The Hall–Kier alpha value is -2.31. The summed E-state index contributed by atoms with van der Waals surface area (Å²) in [5.74, 6) is -1.45. The summed E-state index contributed by atoms with van der Waals surface area (Å²) in [6.07, 6.45) is 2.18. The predicted molar refractivity (Wildman–Crippen MR) is 90.2 cm³/mol. The average molecular weight is 349 g/mol. The summed E-state index contributed by atoms with van der Waals surface area (Å²) < 4.78 is 32.0. The molecule has 0 amide bonds. The second-order valence-electron chi connectivity index (χ2n) is 6.69. The van der Waals surface area contributed by atoms with Gasteiger partial charge in [-0.25, -0.2) is 13.8 Å². The van der Waals surface area contributed by atoms with Crippen LogP contribution in [0.15, 0.2) is 18.3 Å². The number of ether oxygens (including phenoxy) is 1. The van der Waals surface area contributed by atoms with Crippen molar-refractivity contribution in [1.82, 2.24) is 9.97 Å². The first kappa shape index (κ1) is 17.5. The molecule has 2 heterocycles. The quantitative estimate of drug-likeness (QED) is 0.793. The highest BCUT2D eigenvalue weighted by Gasteiger charge is 2.48. The fraction of sp³-hybridized carbons (Fsp3) is 0.500. The Morgan fingerprint density at radius 1 is 1.32 bits per heavy atom. The van der Waals surface area contributed by atoms with Crippen LogP contribution in [0.3, 0.4) is 0 Å². The number of fused-ring (bicyclic) bond motifs is 1. The van der Waals surface area contributed by atoms with Crippen LogP contribution in [0.5, 0.6) is 0 Å². The van der Waals surface area contributed by atoms with Gasteiger partial charge in [-0.3, -0.25) is 9.78 Å². The molecule has 1 fully saturated rings. The van der Waals surface area contributed by atoms with Crippen molar-refractivity contribution in [3.8, 4) is 0 Å². The van der Waals surface area contributed by atoms with E-state index < -0.39 is 17.0 Å². The molecule has 1 unspecified atom stereocenters. The van der Waals surface area contributed by atoms with Crippen molar-refractivity contribution < 1.29 is 18.3 Å². The Morgan fingerprint density at radius 2 is 2.00 bits per heavy atom. The fourth-order valence-corrected chi connectivity index (χ4v) is 3.33. The van der Waals surface area contributed by atoms with Crippen LogP contribution in [-0.4, -0.2) is 35.6 Å². The molecule has 25 heavy (non-hydrogen) atoms. The molecule has 3 rings (SSSR count). The minimum Gasteiger partial charge on any atom is -0.466 e. The lowest BCUT2D eigenvalue weighted by molar-refractivity contribution is -0.156. The van der Waals surface area contributed by atoms with Crippen molar-refractivity contribution in [2.24, 2.45) is 11.3 Å². The monoisotopic (exact) mass is 349 g/mol. The number of carbonyl (C=O) groups is 1. The zero-order valence-electron chi connectivity index (χ0n) is 14.6. The topological polar surface area (TPSA) is 55.3 Å². The summed E-state index contributed by atoms with van der Waals surface area (Å²) in [5, 5.41) is 0. The zero-order valence-corrected chi connectivity index (χ0v) is 14.6. The number of halogens is 2. The highest BCUT2D eigenvalue weighted by Crippen LogP contribution is 2.40. The Kier molecular flexibility index (Phi) is 4.58. The van der Waals surface area contributed by atoms with Crippen molar-refractivity contribution >= 4 is 22.8 Å². The van der Waals surface area contributed by atoms with E-state index in [1.165, 1.54) is 6.20 Å². The van der Waals surface area contributed by atoms with Gasteiger partial charge >= 0.3 is 5.97 Å². The van der Waals surface area contributed by atoms with Gasteiger partial charge in [-0.2, -0.15) is 0 Å². The number of aromatic nitrogens is 2. The summed E-state index contributed by atoms with van der Waals surface area (Å²) in [4.78, 5) is 23.0. The fourth-order valence-electron chi connectivity index (χ4n) is 3.33. The lowest BCUT2D eigenvalue weighted by Gasteiger charge is -2.31. The first-order valence-corrected chi connectivity index (χ1v) is 8.41. The predicted octanol–water partition coefficient (Wildman–Crippen LogP) is 3.32. The van der Waals surface area contributed by atoms with Crippen molar-refractivity contribution in [1.29, 1.82) is 0 Å². The molecule has 134 valence electrons. The third-order valence-corrected chi connectivity index (χ3v) is 4.98. The Bertz CT molecular complexity index is 812. The number of anilines is 1. The van der Waals surface area contributed by atoms with E-state index in [1.54, 1.807) is 6.92 Å². The van der Waals surface area contributed by atoms with Crippen molar-refractivity contribution in [2.75, 3.05) is 24.6 Å². The maximum Gasteiger partial charge on any atom is 0.314 e. The molecule has 2 aromatic rings. The third kappa shape index (κ3) is 3.03. The molecule has 0 bridgehead atoms. The van der Waals surface area contributed by atoms with Gasteiger partial charge in [0.05, 0.1) is 29.3 Å². The lowest BCUT2D eigenvalue weighted by Crippen LogP contribution is -2.40. The van der Waals surface area contributed by atoms with Gasteiger partial charge in [0.15, 0.2) is 11.6 Å². The number of esters is 1. The number of hydrogen-bond acceptors (Lipinski definition) is 5. The van der Waals surface area contributed by atoms with Crippen LogP contribution in [0.25, 0.3) is 11.0 Å². The molecule has 1 aliphatic heterocycles. The number of rotatable bonds is 4. The van der Waals surface area contributed by atoms with E-state index in [0.29, 0.717) is 37.5 Å². The van der Waals surface area contributed by atoms with Crippen LogP contribution in [-0.2, 0) is 9.53 Å². The van der Waals surface area contributed by atoms with Crippen molar-refractivity contribution in [2.45, 2.75) is 27.2 Å². The highest BCUT2D eigenvalue weighted by atomic mass is 19.2. The standard InChI is InChI=1S/C18H21F2N3O2/c1-4-25-17(24)18(11(2)3)5-6-23(10-18)16-9-21-14-7-12(19)13(20)8-15(14)22-16/h7-9,11H,4-6,10H2,1-3H3. The van der Waals surface area contributed by atoms with E-state index >= 15 is 0 Å². The summed E-state index contributed by atoms with van der Waals surface area (Å²) in [7, 11) is 0. The van der Waals surface area contributed by atoms with E-state index in [-0.39, 0.29) is 17.4 Å². The molecule has 1 aromatic carbocycles. The summed E-state index contributed by atoms with van der Waals surface area (Å²) in [5.41, 5.74) is -0.0160. The van der Waals surface area contributed by atoms with Crippen LogP contribution < -0.4 is 4.90 Å².